The van der Waals surface area contributed by atoms with E-state index in [1.165, 1.54) is 25.9 Å². The summed E-state index contributed by atoms with van der Waals surface area (Å²) < 4.78 is 66.0. The van der Waals surface area contributed by atoms with Crippen LogP contribution < -0.4 is 4.98 Å². The number of likely N-dealkylation sites (tertiary alicyclic amines) is 1. The van der Waals surface area contributed by atoms with Crippen LogP contribution in [0.3, 0.4) is 0 Å². The van der Waals surface area contributed by atoms with E-state index in [1.807, 2.05) is 0 Å². The van der Waals surface area contributed by atoms with Gasteiger partial charge in [0, 0.05) is 20.0 Å². The summed E-state index contributed by atoms with van der Waals surface area (Å²) in [4.78, 5) is 2.53. The highest BCUT2D eigenvalue weighted by atomic mass is 32.3. The van der Waals surface area contributed by atoms with Gasteiger partial charge in [-0.25, -0.2) is 0 Å². The lowest BCUT2D eigenvalue weighted by Crippen LogP contribution is -2.42. The number of halogens is 2. The molecule has 0 aliphatic carbocycles. The van der Waals surface area contributed by atoms with Crippen molar-refractivity contribution in [3.05, 3.63) is 6.08 Å². The van der Waals surface area contributed by atoms with Gasteiger partial charge in [-0.15, -0.1) is 0 Å². The molecule has 128 valence electrons. The molecule has 0 aromatic carbocycles. The molecule has 2 rings (SSSR count). The lowest BCUT2D eigenvalue weighted by Gasteiger charge is -2.27. The van der Waals surface area contributed by atoms with Crippen LogP contribution in [0.25, 0.3) is 0 Å². The van der Waals surface area contributed by atoms with Crippen LogP contribution >= 0.6 is 0 Å². The van der Waals surface area contributed by atoms with Crippen LogP contribution in [-0.4, -0.2) is 65.5 Å². The van der Waals surface area contributed by atoms with E-state index in [-0.39, 0.29) is 0 Å². The second-order valence-electron chi connectivity index (χ2n) is 4.56. The monoisotopic (exact) mass is 362 g/mol. The zero-order valence-corrected chi connectivity index (χ0v) is 13.6. The molecule has 22 heavy (non-hydrogen) atoms. The Kier molecular flexibility index (Phi) is 9.08. The highest BCUT2D eigenvalue weighted by Crippen LogP contribution is 2.15. The summed E-state index contributed by atoms with van der Waals surface area (Å²) in [6.07, 6.45) is 1.39. The Balaban J connectivity index is 0.000000342. The average Bonchev–Trinajstić information content (AvgIpc) is 3.00. The van der Waals surface area contributed by atoms with E-state index in [9.17, 15) is 16.7 Å². The van der Waals surface area contributed by atoms with E-state index in [0.717, 1.165) is 11.2 Å². The number of nitrogens with zero attached hydrogens (tertiary/aromatic N) is 4. The molecule has 0 saturated carbocycles. The first kappa shape index (κ1) is 20.7. The SMILES string of the molecule is COC[N+]1(C)CCCC1.O=S(=O)(F)c1nnc(F)[n-]1.O=S=O. The molecular weight excluding hydrogens is 346 g/mol. The van der Waals surface area contributed by atoms with E-state index < -0.39 is 33.0 Å². The maximum absolute atomic E-state index is 11.8. The van der Waals surface area contributed by atoms with E-state index in [4.69, 9.17) is 13.2 Å². The molecule has 0 bridgehead atoms. The van der Waals surface area contributed by atoms with Crippen LogP contribution in [-0.2, 0) is 26.5 Å². The van der Waals surface area contributed by atoms with Crippen LogP contribution in [0.5, 0.6) is 0 Å². The molecule has 0 radical (unpaired) electrons. The van der Waals surface area contributed by atoms with Gasteiger partial charge in [0.25, 0.3) is 0 Å². The third-order valence-corrected chi connectivity index (χ3v) is 3.32. The van der Waals surface area contributed by atoms with Gasteiger partial charge in [0.05, 0.1) is 20.1 Å². The van der Waals surface area contributed by atoms with Crippen LogP contribution in [0.1, 0.15) is 12.8 Å². The summed E-state index contributed by atoms with van der Waals surface area (Å²) in [6, 6.07) is 0. The third-order valence-electron chi connectivity index (χ3n) is 2.71. The van der Waals surface area contributed by atoms with Crippen molar-refractivity contribution in [2.45, 2.75) is 18.0 Å². The molecule has 1 fully saturated rings. The molecule has 0 atom stereocenters. The molecule has 1 aliphatic heterocycles. The van der Waals surface area contributed by atoms with Crippen LogP contribution in [0.15, 0.2) is 5.16 Å². The van der Waals surface area contributed by atoms with Gasteiger partial charge < -0.3 is 24.4 Å². The molecule has 1 saturated heterocycles. The van der Waals surface area contributed by atoms with Gasteiger partial charge >= 0.3 is 21.8 Å². The van der Waals surface area contributed by atoms with Crippen molar-refractivity contribution in [1.82, 2.24) is 15.2 Å². The largest absolute Gasteiger partial charge is 0.337 e. The van der Waals surface area contributed by atoms with Gasteiger partial charge in [-0.05, 0) is 0 Å². The summed E-state index contributed by atoms with van der Waals surface area (Å²) in [5.41, 5.74) is 0. The Morgan fingerprint density at radius 1 is 1.32 bits per heavy atom. The quantitative estimate of drug-likeness (QED) is 0.516. The summed E-state index contributed by atoms with van der Waals surface area (Å²) in [5, 5.41) is 3.88. The summed E-state index contributed by atoms with van der Waals surface area (Å²) >= 11 is -0.750. The lowest BCUT2D eigenvalue weighted by molar-refractivity contribution is -0.916. The van der Waals surface area contributed by atoms with Gasteiger partial charge in [-0.2, -0.15) is 21.2 Å². The number of rotatable bonds is 3. The van der Waals surface area contributed by atoms with Crippen LogP contribution in [0, 0.1) is 6.08 Å². The van der Waals surface area contributed by atoms with Gasteiger partial charge in [0.1, 0.15) is 5.16 Å². The van der Waals surface area contributed by atoms with Crippen LogP contribution in [0.4, 0.5) is 8.28 Å². The summed E-state index contributed by atoms with van der Waals surface area (Å²) in [6.45, 7) is 3.49. The third kappa shape index (κ3) is 8.21. The molecule has 1 aromatic heterocycles. The predicted molar refractivity (Wildman–Crippen MR) is 69.6 cm³/mol. The Bertz CT molecular complexity index is 583. The van der Waals surface area contributed by atoms with E-state index in [2.05, 4.69) is 22.2 Å². The number of methoxy groups -OCH3 is 1. The number of quaternary nitrogens is 1. The van der Waals surface area contributed by atoms with Crippen molar-refractivity contribution in [2.75, 3.05) is 34.0 Å². The highest BCUT2D eigenvalue weighted by Gasteiger charge is 2.25. The topological polar surface area (TPSA) is 117 Å². The molecule has 1 aromatic rings. The Morgan fingerprint density at radius 2 is 1.82 bits per heavy atom. The Morgan fingerprint density at radius 3 is 2.09 bits per heavy atom. The predicted octanol–water partition coefficient (Wildman–Crippen LogP) is -0.608. The zero-order chi connectivity index (χ0) is 17.2. The summed E-state index contributed by atoms with van der Waals surface area (Å²) in [5.74, 6) is 0. The number of hydrogen-bond acceptors (Lipinski definition) is 7. The fourth-order valence-electron chi connectivity index (χ4n) is 1.85. The second kappa shape index (κ2) is 9.66. The second-order valence-corrected chi connectivity index (χ2v) is 5.94. The van der Waals surface area contributed by atoms with Gasteiger partial charge in [0.15, 0.2) is 12.8 Å². The summed E-state index contributed by atoms with van der Waals surface area (Å²) in [7, 11) is -0.967. The standard InChI is InChI=1S/C7H16NO.C2F2N3O2S.O2S/c1-8(7-9-2)5-3-4-6-8;3-1-5-2(7-6-1)10(4,8)9;1-3-2/h3-7H2,1-2H3;;/q+1;-1;. The fourth-order valence-corrected chi connectivity index (χ4v) is 2.17. The molecule has 0 N–H and O–H groups in total. The first-order chi connectivity index (χ1) is 10.2. The lowest BCUT2D eigenvalue weighted by atomic mass is 10.4. The minimum atomic E-state index is -5.01. The maximum atomic E-state index is 11.8. The van der Waals surface area contributed by atoms with Crippen LogP contribution in [0.2, 0.25) is 0 Å². The van der Waals surface area contributed by atoms with E-state index in [1.54, 1.807) is 7.11 Å². The number of ether oxygens (including phenoxy) is 1. The first-order valence-electron chi connectivity index (χ1n) is 5.90. The van der Waals surface area contributed by atoms with Crippen molar-refractivity contribution >= 4 is 21.8 Å². The molecule has 13 heteroatoms. The zero-order valence-electron chi connectivity index (χ0n) is 11.9. The number of aromatic nitrogens is 3. The van der Waals surface area contributed by atoms with Gasteiger partial charge in [-0.3, -0.25) is 0 Å². The Hall–Kier alpha value is -1.31. The fraction of sp³-hybridized carbons (Fsp3) is 0.778. The van der Waals surface area contributed by atoms with Crippen molar-refractivity contribution in [3.63, 3.8) is 0 Å². The average molecular weight is 362 g/mol. The minimum Gasteiger partial charge on any atom is -0.335 e. The van der Waals surface area contributed by atoms with Crippen molar-refractivity contribution in [1.29, 1.82) is 0 Å². The first-order valence-corrected chi connectivity index (χ1v) is 7.95. The normalized spacial score (nSPS) is 16.0. The maximum Gasteiger partial charge on any atom is 0.337 e. The molecule has 0 unspecified atom stereocenters. The van der Waals surface area contributed by atoms with Crippen molar-refractivity contribution in [2.24, 2.45) is 0 Å². The van der Waals surface area contributed by atoms with E-state index >= 15 is 0 Å². The Labute approximate surface area is 130 Å². The molecule has 9 nitrogen and oxygen atoms in total. The van der Waals surface area contributed by atoms with Crippen molar-refractivity contribution < 1.29 is 34.3 Å². The molecule has 1 aliphatic rings. The van der Waals surface area contributed by atoms with Gasteiger partial charge in [-0.1, -0.05) is 3.89 Å². The molecule has 2 heterocycles. The molecule has 0 amide bonds. The van der Waals surface area contributed by atoms with E-state index in [0.29, 0.717) is 0 Å². The highest BCUT2D eigenvalue weighted by molar-refractivity contribution is 7.86. The molecular formula is C9H16F2N4O5S2. The minimum absolute atomic E-state index is 0.750. The van der Waals surface area contributed by atoms with Crippen molar-refractivity contribution in [3.8, 4) is 0 Å². The van der Waals surface area contributed by atoms with Gasteiger partial charge in [0.2, 0.25) is 0 Å². The molecule has 0 spiro atoms. The number of hydrogen-bond donors (Lipinski definition) is 0. The smallest absolute Gasteiger partial charge is 0.335 e.